The minimum Gasteiger partial charge on any atom is -0.314 e. The van der Waals surface area contributed by atoms with Crippen molar-refractivity contribution in [3.8, 4) is 11.1 Å². The van der Waals surface area contributed by atoms with Gasteiger partial charge < -0.3 is 5.32 Å². The van der Waals surface area contributed by atoms with E-state index in [0.717, 1.165) is 59.3 Å². The minimum absolute atomic E-state index is 0. The Bertz CT molecular complexity index is 950. The standard InChI is InChI=1S/C22H20ClF3N2S.ClH/c23-20-10-9-19(29-20)21(28-13-11-27-12-14-28)17-3-1-15(2-4-17)16-5-7-18(8-6-16)22(24,25)26;/h1-10,21,27H,11-14H2;1H/t21-;/m1./s1. The third-order valence-corrected chi connectivity index (χ3v) is 6.44. The van der Waals surface area contributed by atoms with E-state index < -0.39 is 11.7 Å². The summed E-state index contributed by atoms with van der Waals surface area (Å²) >= 11 is 7.77. The number of rotatable bonds is 4. The van der Waals surface area contributed by atoms with Crippen molar-refractivity contribution >= 4 is 35.3 Å². The molecular formula is C22H21Cl2F3N2S. The number of thiophene rings is 1. The highest BCUT2D eigenvalue weighted by atomic mass is 35.5. The maximum absolute atomic E-state index is 12.8. The predicted molar refractivity (Wildman–Crippen MR) is 120 cm³/mol. The molecule has 0 unspecified atom stereocenters. The van der Waals surface area contributed by atoms with Crippen LogP contribution in [0, 0.1) is 0 Å². The third-order valence-electron chi connectivity index (χ3n) is 5.15. The second-order valence-electron chi connectivity index (χ2n) is 7.03. The van der Waals surface area contributed by atoms with Gasteiger partial charge in [-0.15, -0.1) is 23.7 Å². The van der Waals surface area contributed by atoms with Gasteiger partial charge >= 0.3 is 6.18 Å². The van der Waals surface area contributed by atoms with Crippen molar-refractivity contribution < 1.29 is 13.2 Å². The van der Waals surface area contributed by atoms with E-state index in [0.29, 0.717) is 0 Å². The molecule has 1 aromatic heterocycles. The summed E-state index contributed by atoms with van der Waals surface area (Å²) in [7, 11) is 0. The highest BCUT2D eigenvalue weighted by molar-refractivity contribution is 7.16. The number of nitrogens with one attached hydrogen (secondary N) is 1. The van der Waals surface area contributed by atoms with Crippen molar-refractivity contribution in [3.05, 3.63) is 81.0 Å². The molecule has 0 aliphatic carbocycles. The lowest BCUT2D eigenvalue weighted by Gasteiger charge is -2.34. The van der Waals surface area contributed by atoms with Gasteiger partial charge in [-0.3, -0.25) is 4.90 Å². The number of halogens is 5. The molecule has 3 aromatic rings. The van der Waals surface area contributed by atoms with Crippen molar-refractivity contribution in [3.63, 3.8) is 0 Å². The first kappa shape index (κ1) is 23.1. The van der Waals surface area contributed by atoms with Crippen LogP contribution in [0.1, 0.15) is 22.0 Å². The van der Waals surface area contributed by atoms with Crippen LogP contribution in [-0.4, -0.2) is 31.1 Å². The monoisotopic (exact) mass is 472 g/mol. The molecule has 1 N–H and O–H groups in total. The van der Waals surface area contributed by atoms with Gasteiger partial charge in [0.05, 0.1) is 15.9 Å². The van der Waals surface area contributed by atoms with E-state index in [1.54, 1.807) is 11.3 Å². The van der Waals surface area contributed by atoms with E-state index in [1.165, 1.54) is 17.0 Å². The van der Waals surface area contributed by atoms with Gasteiger partial charge in [0.1, 0.15) is 0 Å². The van der Waals surface area contributed by atoms with Gasteiger partial charge in [-0.1, -0.05) is 48.0 Å². The maximum Gasteiger partial charge on any atom is 0.416 e. The molecule has 0 radical (unpaired) electrons. The first-order valence-corrected chi connectivity index (χ1v) is 10.6. The van der Waals surface area contributed by atoms with Crippen molar-refractivity contribution in [1.29, 1.82) is 0 Å². The van der Waals surface area contributed by atoms with Crippen LogP contribution in [0.3, 0.4) is 0 Å². The SMILES string of the molecule is Cl.FC(F)(F)c1ccc(-c2ccc([C@H](c3ccc(Cl)s3)N3CCNCC3)cc2)cc1. The van der Waals surface area contributed by atoms with E-state index in [9.17, 15) is 13.2 Å². The van der Waals surface area contributed by atoms with Gasteiger partial charge in [0, 0.05) is 31.1 Å². The van der Waals surface area contributed by atoms with Gasteiger partial charge in [-0.2, -0.15) is 13.2 Å². The quantitative estimate of drug-likeness (QED) is 0.465. The number of hydrogen-bond acceptors (Lipinski definition) is 3. The Labute approximate surface area is 189 Å². The van der Waals surface area contributed by atoms with Crippen LogP contribution in [-0.2, 0) is 6.18 Å². The Balaban J connectivity index is 0.00000256. The molecule has 1 aliphatic rings. The van der Waals surface area contributed by atoms with Gasteiger partial charge in [-0.05, 0) is 41.0 Å². The molecule has 0 amide bonds. The van der Waals surface area contributed by atoms with Crippen molar-refractivity contribution in [2.75, 3.05) is 26.2 Å². The molecule has 1 saturated heterocycles. The van der Waals surface area contributed by atoms with Gasteiger partial charge in [0.2, 0.25) is 0 Å². The van der Waals surface area contributed by atoms with Crippen LogP contribution in [0.25, 0.3) is 11.1 Å². The molecule has 30 heavy (non-hydrogen) atoms. The highest BCUT2D eigenvalue weighted by Gasteiger charge is 2.30. The van der Waals surface area contributed by atoms with Gasteiger partial charge in [0.25, 0.3) is 0 Å². The molecule has 2 aromatic carbocycles. The summed E-state index contributed by atoms with van der Waals surface area (Å²) in [6, 6.07) is 17.5. The van der Waals surface area contributed by atoms with Crippen LogP contribution >= 0.6 is 35.3 Å². The summed E-state index contributed by atoms with van der Waals surface area (Å²) in [5, 5.41) is 3.38. The minimum atomic E-state index is -4.32. The number of benzene rings is 2. The molecule has 0 bridgehead atoms. The van der Waals surface area contributed by atoms with Gasteiger partial charge in [0.15, 0.2) is 0 Å². The Morgan fingerprint density at radius 1 is 0.867 bits per heavy atom. The predicted octanol–water partition coefficient (Wildman–Crippen LogP) is 6.50. The lowest BCUT2D eigenvalue weighted by Crippen LogP contribution is -2.45. The summed E-state index contributed by atoms with van der Waals surface area (Å²) in [6.45, 7) is 3.78. The zero-order chi connectivity index (χ0) is 20.4. The second kappa shape index (κ2) is 9.71. The Morgan fingerprint density at radius 2 is 1.43 bits per heavy atom. The van der Waals surface area contributed by atoms with Crippen LogP contribution in [0.4, 0.5) is 13.2 Å². The first-order valence-electron chi connectivity index (χ1n) is 9.39. The smallest absolute Gasteiger partial charge is 0.314 e. The largest absolute Gasteiger partial charge is 0.416 e. The summed E-state index contributed by atoms with van der Waals surface area (Å²) in [6.07, 6.45) is -4.32. The van der Waals surface area contributed by atoms with Crippen molar-refractivity contribution in [2.24, 2.45) is 0 Å². The number of nitrogens with zero attached hydrogens (tertiary/aromatic N) is 1. The van der Waals surface area contributed by atoms with Crippen molar-refractivity contribution in [1.82, 2.24) is 10.2 Å². The Kier molecular flexibility index (Phi) is 7.47. The Morgan fingerprint density at radius 3 is 1.93 bits per heavy atom. The fourth-order valence-electron chi connectivity index (χ4n) is 3.68. The summed E-state index contributed by atoms with van der Waals surface area (Å²) in [4.78, 5) is 3.63. The van der Waals surface area contributed by atoms with E-state index in [4.69, 9.17) is 11.6 Å². The van der Waals surface area contributed by atoms with Crippen LogP contribution < -0.4 is 5.32 Å². The average Bonchev–Trinajstić information content (AvgIpc) is 3.15. The van der Waals surface area contributed by atoms with Crippen LogP contribution in [0.15, 0.2) is 60.7 Å². The number of piperazine rings is 1. The summed E-state index contributed by atoms with van der Waals surface area (Å²) in [5.41, 5.74) is 2.18. The zero-order valence-corrected chi connectivity index (χ0v) is 18.3. The van der Waals surface area contributed by atoms with E-state index in [2.05, 4.69) is 28.4 Å². The molecule has 0 spiro atoms. The van der Waals surface area contributed by atoms with E-state index >= 15 is 0 Å². The molecular weight excluding hydrogens is 452 g/mol. The van der Waals surface area contributed by atoms with Gasteiger partial charge in [-0.25, -0.2) is 0 Å². The van der Waals surface area contributed by atoms with Crippen LogP contribution in [0.5, 0.6) is 0 Å². The number of alkyl halides is 3. The summed E-state index contributed by atoms with van der Waals surface area (Å²) < 4.78 is 39.1. The molecule has 1 atom stereocenters. The van der Waals surface area contributed by atoms with E-state index in [-0.39, 0.29) is 18.4 Å². The normalized spacial score (nSPS) is 16.1. The lowest BCUT2D eigenvalue weighted by atomic mass is 9.98. The molecule has 2 nitrogen and oxygen atoms in total. The zero-order valence-electron chi connectivity index (χ0n) is 16.0. The lowest BCUT2D eigenvalue weighted by molar-refractivity contribution is -0.137. The number of hydrogen-bond donors (Lipinski definition) is 1. The first-order chi connectivity index (χ1) is 13.9. The fourth-order valence-corrected chi connectivity index (χ4v) is 4.90. The molecule has 160 valence electrons. The average molecular weight is 473 g/mol. The van der Waals surface area contributed by atoms with Crippen molar-refractivity contribution in [2.45, 2.75) is 12.2 Å². The highest BCUT2D eigenvalue weighted by Crippen LogP contribution is 2.36. The van der Waals surface area contributed by atoms with Crippen LogP contribution in [0.2, 0.25) is 4.34 Å². The molecule has 0 saturated carbocycles. The molecule has 4 rings (SSSR count). The molecule has 2 heterocycles. The fraction of sp³-hybridized carbons (Fsp3) is 0.273. The second-order valence-corrected chi connectivity index (χ2v) is 8.77. The molecule has 1 aliphatic heterocycles. The topological polar surface area (TPSA) is 15.3 Å². The third kappa shape index (κ3) is 5.18. The molecule has 1 fully saturated rings. The maximum atomic E-state index is 12.8. The molecule has 8 heteroatoms. The summed E-state index contributed by atoms with van der Waals surface area (Å²) in [5.74, 6) is 0. The Hall–Kier alpha value is -1.57. The van der Waals surface area contributed by atoms with E-state index in [1.807, 2.05) is 18.2 Å².